The molecule has 2 aromatic heterocycles. The van der Waals surface area contributed by atoms with Gasteiger partial charge in [-0.15, -0.1) is 11.3 Å². The minimum Gasteiger partial charge on any atom is -0.456 e. The van der Waals surface area contributed by atoms with Crippen molar-refractivity contribution in [3.63, 3.8) is 0 Å². The fraction of sp³-hybridized carbons (Fsp3) is 0. The van der Waals surface area contributed by atoms with E-state index in [-0.39, 0.29) is 0 Å². The van der Waals surface area contributed by atoms with Crippen molar-refractivity contribution in [3.8, 4) is 11.1 Å². The third kappa shape index (κ3) is 3.93. The van der Waals surface area contributed by atoms with E-state index in [1.165, 1.54) is 47.8 Å². The Morgan fingerprint density at radius 2 is 1.16 bits per heavy atom. The Balaban J connectivity index is 1.15. The summed E-state index contributed by atoms with van der Waals surface area (Å²) in [4.78, 5) is 2.38. The van der Waals surface area contributed by atoms with Crippen LogP contribution in [0.3, 0.4) is 0 Å². The number of rotatable bonds is 4. The smallest absolute Gasteiger partial charge is 0.136 e. The zero-order valence-electron chi connectivity index (χ0n) is 23.2. The highest BCUT2D eigenvalue weighted by Crippen LogP contribution is 2.45. The van der Waals surface area contributed by atoms with Crippen LogP contribution in [-0.2, 0) is 0 Å². The molecule has 0 aliphatic heterocycles. The first-order chi connectivity index (χ1) is 21.3. The van der Waals surface area contributed by atoms with Gasteiger partial charge in [0.2, 0.25) is 0 Å². The molecule has 0 N–H and O–H groups in total. The topological polar surface area (TPSA) is 16.4 Å². The van der Waals surface area contributed by atoms with Crippen LogP contribution in [0.25, 0.3) is 64.0 Å². The Kier molecular flexibility index (Phi) is 5.40. The quantitative estimate of drug-likeness (QED) is 0.210. The first-order valence-electron chi connectivity index (χ1n) is 14.5. The molecule has 0 radical (unpaired) electrons. The molecule has 7 aromatic carbocycles. The number of nitrogens with zero attached hydrogens (tertiary/aromatic N) is 1. The number of hydrogen-bond donors (Lipinski definition) is 0. The largest absolute Gasteiger partial charge is 0.456 e. The van der Waals surface area contributed by atoms with E-state index in [2.05, 4.69) is 144 Å². The summed E-state index contributed by atoms with van der Waals surface area (Å²) < 4.78 is 8.78. The van der Waals surface area contributed by atoms with Gasteiger partial charge in [0.15, 0.2) is 0 Å². The second-order valence-corrected chi connectivity index (χ2v) is 12.0. The van der Waals surface area contributed by atoms with Gasteiger partial charge in [0.05, 0.1) is 10.4 Å². The third-order valence-corrected chi connectivity index (χ3v) is 9.64. The molecule has 9 rings (SSSR count). The van der Waals surface area contributed by atoms with Crippen LogP contribution in [0, 0.1) is 0 Å². The standard InChI is InChI=1S/C40H25NOS/c1-2-9-30(10-3-1)41(36-14-8-13-34-33-12-5-7-16-39(33)43-40(34)36)31-21-19-26(20-22-31)27-17-18-28-24-35-32-11-4-6-15-37(32)42-38(35)25-29(28)23-27/h1-25H. The Hall–Kier alpha value is -5.38. The highest BCUT2D eigenvalue weighted by atomic mass is 32.1. The summed E-state index contributed by atoms with van der Waals surface area (Å²) >= 11 is 1.86. The lowest BCUT2D eigenvalue weighted by Gasteiger charge is -2.26. The van der Waals surface area contributed by atoms with E-state index in [4.69, 9.17) is 4.42 Å². The lowest BCUT2D eigenvalue weighted by molar-refractivity contribution is 0.669. The first-order valence-corrected chi connectivity index (χ1v) is 15.3. The number of hydrogen-bond acceptors (Lipinski definition) is 3. The SMILES string of the molecule is c1ccc(N(c2ccc(-c3ccc4cc5c(cc4c3)oc3ccccc35)cc2)c2cccc3c2sc2ccccc23)cc1. The van der Waals surface area contributed by atoms with E-state index < -0.39 is 0 Å². The molecule has 9 aromatic rings. The second-order valence-electron chi connectivity index (χ2n) is 11.0. The van der Waals surface area contributed by atoms with Crippen molar-refractivity contribution in [2.24, 2.45) is 0 Å². The minimum atomic E-state index is 0.926. The maximum absolute atomic E-state index is 6.18. The monoisotopic (exact) mass is 567 g/mol. The van der Waals surface area contributed by atoms with E-state index in [0.717, 1.165) is 33.3 Å². The number of benzene rings is 7. The average molecular weight is 568 g/mol. The van der Waals surface area contributed by atoms with Crippen molar-refractivity contribution in [2.75, 3.05) is 4.90 Å². The maximum Gasteiger partial charge on any atom is 0.136 e. The molecule has 2 nitrogen and oxygen atoms in total. The van der Waals surface area contributed by atoms with Crippen LogP contribution in [0.5, 0.6) is 0 Å². The summed E-state index contributed by atoms with van der Waals surface area (Å²) in [5.41, 5.74) is 7.69. The molecule has 0 unspecified atom stereocenters. The van der Waals surface area contributed by atoms with Crippen LogP contribution in [0.4, 0.5) is 17.1 Å². The number of furan rings is 1. The number of anilines is 3. The van der Waals surface area contributed by atoms with Crippen LogP contribution in [0.15, 0.2) is 156 Å². The molecule has 0 bridgehead atoms. The molecule has 0 saturated carbocycles. The molecule has 2 heterocycles. The molecule has 0 saturated heterocycles. The van der Waals surface area contributed by atoms with Gasteiger partial charge in [-0.1, -0.05) is 91.0 Å². The lowest BCUT2D eigenvalue weighted by atomic mass is 9.99. The predicted octanol–water partition coefficient (Wildman–Crippen LogP) is 12.2. The molecular weight excluding hydrogens is 543 g/mol. The van der Waals surface area contributed by atoms with Gasteiger partial charge in [0.25, 0.3) is 0 Å². The molecule has 0 fully saturated rings. The predicted molar refractivity (Wildman–Crippen MR) is 184 cm³/mol. The number of para-hydroxylation sites is 2. The van der Waals surface area contributed by atoms with Crippen molar-refractivity contribution >= 4 is 81.3 Å². The highest BCUT2D eigenvalue weighted by Gasteiger charge is 2.18. The molecule has 0 amide bonds. The Morgan fingerprint density at radius 3 is 2.05 bits per heavy atom. The van der Waals surface area contributed by atoms with E-state index in [9.17, 15) is 0 Å². The van der Waals surface area contributed by atoms with Gasteiger partial charge >= 0.3 is 0 Å². The van der Waals surface area contributed by atoms with Crippen molar-refractivity contribution in [1.29, 1.82) is 0 Å². The minimum absolute atomic E-state index is 0.926. The Labute approximate surface area is 252 Å². The van der Waals surface area contributed by atoms with Gasteiger partial charge in [-0.25, -0.2) is 0 Å². The highest BCUT2D eigenvalue weighted by molar-refractivity contribution is 7.26. The summed E-state index contributed by atoms with van der Waals surface area (Å²) in [5.74, 6) is 0. The van der Waals surface area contributed by atoms with Gasteiger partial charge in [-0.3, -0.25) is 0 Å². The zero-order chi connectivity index (χ0) is 28.3. The van der Waals surface area contributed by atoms with Gasteiger partial charge < -0.3 is 9.32 Å². The number of thiophene rings is 1. The van der Waals surface area contributed by atoms with Crippen molar-refractivity contribution in [1.82, 2.24) is 0 Å². The molecule has 0 aliphatic rings. The summed E-state index contributed by atoms with van der Waals surface area (Å²) in [6, 6.07) is 54.3. The van der Waals surface area contributed by atoms with E-state index in [1.807, 2.05) is 23.5 Å². The third-order valence-electron chi connectivity index (χ3n) is 8.43. The summed E-state index contributed by atoms with van der Waals surface area (Å²) in [6.07, 6.45) is 0. The zero-order valence-corrected chi connectivity index (χ0v) is 24.0. The molecule has 43 heavy (non-hydrogen) atoms. The van der Waals surface area contributed by atoms with Crippen molar-refractivity contribution < 1.29 is 4.42 Å². The maximum atomic E-state index is 6.18. The van der Waals surface area contributed by atoms with Gasteiger partial charge in [0.1, 0.15) is 11.2 Å². The molecule has 0 spiro atoms. The normalized spacial score (nSPS) is 11.7. The van der Waals surface area contributed by atoms with Crippen LogP contribution in [0.1, 0.15) is 0 Å². The summed E-state index contributed by atoms with van der Waals surface area (Å²) in [5, 5.41) is 7.32. The van der Waals surface area contributed by atoms with Crippen LogP contribution < -0.4 is 4.90 Å². The van der Waals surface area contributed by atoms with Crippen molar-refractivity contribution in [2.45, 2.75) is 0 Å². The second kappa shape index (κ2) is 9.59. The molecule has 0 atom stereocenters. The van der Waals surface area contributed by atoms with E-state index >= 15 is 0 Å². The van der Waals surface area contributed by atoms with Crippen LogP contribution >= 0.6 is 11.3 Å². The lowest BCUT2D eigenvalue weighted by Crippen LogP contribution is -2.09. The van der Waals surface area contributed by atoms with Gasteiger partial charge in [-0.2, -0.15) is 0 Å². The fourth-order valence-corrected chi connectivity index (χ4v) is 7.57. The first kappa shape index (κ1) is 24.2. The van der Waals surface area contributed by atoms with Gasteiger partial charge in [0, 0.05) is 37.6 Å². The Morgan fingerprint density at radius 1 is 0.442 bits per heavy atom. The molecule has 0 aliphatic carbocycles. The summed E-state index contributed by atoms with van der Waals surface area (Å²) in [7, 11) is 0. The van der Waals surface area contributed by atoms with Gasteiger partial charge in [-0.05, 0) is 82.6 Å². The van der Waals surface area contributed by atoms with Crippen molar-refractivity contribution in [3.05, 3.63) is 152 Å². The molecule has 3 heteroatoms. The van der Waals surface area contributed by atoms with Crippen LogP contribution in [-0.4, -0.2) is 0 Å². The molecular formula is C40H25NOS. The van der Waals surface area contributed by atoms with E-state index in [1.54, 1.807) is 0 Å². The summed E-state index contributed by atoms with van der Waals surface area (Å²) in [6.45, 7) is 0. The average Bonchev–Trinajstić information content (AvgIpc) is 3.63. The fourth-order valence-electron chi connectivity index (χ4n) is 6.36. The van der Waals surface area contributed by atoms with Crippen LogP contribution in [0.2, 0.25) is 0 Å². The molecule has 202 valence electrons. The Bertz CT molecular complexity index is 2450. The number of fused-ring (bicyclic) bond motifs is 7. The van der Waals surface area contributed by atoms with E-state index in [0.29, 0.717) is 0 Å².